The van der Waals surface area contributed by atoms with Crippen molar-refractivity contribution in [1.29, 1.82) is 0 Å². The summed E-state index contributed by atoms with van der Waals surface area (Å²) in [4.78, 5) is 0. The highest BCUT2D eigenvalue weighted by atomic mass is 79.9. The number of ether oxygens (including phenoxy) is 1. The van der Waals surface area contributed by atoms with Crippen LogP contribution < -0.4 is 10.5 Å². The number of rotatable bonds is 3. The van der Waals surface area contributed by atoms with Crippen LogP contribution in [0.1, 0.15) is 0 Å². The number of alkyl halides is 6. The summed E-state index contributed by atoms with van der Waals surface area (Å²) in [5, 5.41) is 0. The zero-order chi connectivity index (χ0) is 15.0. The highest BCUT2D eigenvalue weighted by molar-refractivity contribution is 9.10. The molecule has 108 valence electrons. The Bertz CT molecular complexity index is 476. The van der Waals surface area contributed by atoms with Crippen molar-refractivity contribution in [2.45, 2.75) is 18.5 Å². The molecule has 0 bridgehead atoms. The third kappa shape index (κ3) is 3.64. The zero-order valence-electron chi connectivity index (χ0n) is 8.74. The van der Waals surface area contributed by atoms with Crippen molar-refractivity contribution in [1.82, 2.24) is 0 Å². The van der Waals surface area contributed by atoms with E-state index in [4.69, 9.17) is 5.73 Å². The number of hydrogen-bond donors (Lipinski definition) is 1. The first-order valence-corrected chi connectivity index (χ1v) is 5.26. The van der Waals surface area contributed by atoms with Crippen molar-refractivity contribution in [2.75, 3.05) is 5.73 Å². The predicted molar refractivity (Wildman–Crippen MR) is 55.0 cm³/mol. The molecule has 0 saturated heterocycles. The molecule has 0 aliphatic rings. The highest BCUT2D eigenvalue weighted by Gasteiger charge is 2.59. The first-order valence-electron chi connectivity index (χ1n) is 4.47. The third-order valence-electron chi connectivity index (χ3n) is 1.88. The van der Waals surface area contributed by atoms with Gasteiger partial charge in [-0.25, -0.2) is 8.78 Å². The van der Waals surface area contributed by atoms with E-state index in [1.54, 1.807) is 0 Å². The van der Waals surface area contributed by atoms with Crippen LogP contribution in [0.25, 0.3) is 0 Å². The van der Waals surface area contributed by atoms with Crippen molar-refractivity contribution < 1.29 is 35.5 Å². The summed E-state index contributed by atoms with van der Waals surface area (Å²) in [6, 6.07) is 1.11. The van der Waals surface area contributed by atoms with E-state index in [1.807, 2.05) is 0 Å². The third-order valence-corrected chi connectivity index (χ3v) is 2.50. The number of anilines is 1. The van der Waals surface area contributed by atoms with Gasteiger partial charge < -0.3 is 10.5 Å². The van der Waals surface area contributed by atoms with Crippen LogP contribution in [0.4, 0.5) is 36.4 Å². The fourth-order valence-corrected chi connectivity index (χ4v) is 1.45. The fraction of sp³-hybridized carbons (Fsp3) is 0.333. The Balaban J connectivity index is 3.05. The maximum absolute atomic E-state index is 13.0. The smallest absolute Gasteiger partial charge is 0.429 e. The molecule has 0 aromatic heterocycles. The summed E-state index contributed by atoms with van der Waals surface area (Å²) < 4.78 is 90.2. The number of nitrogens with two attached hydrogens (primary N) is 1. The summed E-state index contributed by atoms with van der Waals surface area (Å²) in [5.41, 5.74) is 4.63. The standard InChI is InChI=1S/C9H5BrF7NO/c10-3-1-5(18)4(11)2-6(3)19-9(16,17)7(12)8(13,14)15/h1-2,7H,18H2. The molecule has 1 rings (SSSR count). The molecule has 2 nitrogen and oxygen atoms in total. The van der Waals surface area contributed by atoms with Crippen LogP contribution >= 0.6 is 15.9 Å². The molecule has 0 heterocycles. The topological polar surface area (TPSA) is 35.2 Å². The van der Waals surface area contributed by atoms with Gasteiger partial charge in [0.15, 0.2) is 0 Å². The van der Waals surface area contributed by atoms with Crippen LogP contribution in [0.2, 0.25) is 0 Å². The summed E-state index contributed by atoms with van der Waals surface area (Å²) in [7, 11) is 0. The van der Waals surface area contributed by atoms with Gasteiger partial charge in [0.25, 0.3) is 6.17 Å². The van der Waals surface area contributed by atoms with E-state index in [1.165, 1.54) is 0 Å². The van der Waals surface area contributed by atoms with E-state index in [2.05, 4.69) is 20.7 Å². The van der Waals surface area contributed by atoms with Gasteiger partial charge in [0.2, 0.25) is 0 Å². The molecule has 1 aromatic carbocycles. The van der Waals surface area contributed by atoms with Gasteiger partial charge in [-0.3, -0.25) is 0 Å². The molecule has 0 fully saturated rings. The first kappa shape index (κ1) is 15.9. The lowest BCUT2D eigenvalue weighted by atomic mass is 10.3. The van der Waals surface area contributed by atoms with E-state index in [0.717, 1.165) is 6.07 Å². The second-order valence-corrected chi connectivity index (χ2v) is 4.23. The summed E-state index contributed by atoms with van der Waals surface area (Å²) in [5.74, 6) is -2.21. The largest absolute Gasteiger partial charge is 0.439 e. The molecule has 0 amide bonds. The lowest BCUT2D eigenvalue weighted by Gasteiger charge is -2.23. The molecule has 1 atom stereocenters. The SMILES string of the molecule is Nc1cc(Br)c(OC(F)(F)C(F)C(F)(F)F)cc1F. The van der Waals surface area contributed by atoms with Crippen molar-refractivity contribution in [3.63, 3.8) is 0 Å². The quantitative estimate of drug-likeness (QED) is 0.656. The van der Waals surface area contributed by atoms with Crippen LogP contribution in [0.15, 0.2) is 16.6 Å². The van der Waals surface area contributed by atoms with Gasteiger partial charge in [0.05, 0.1) is 10.2 Å². The molecule has 1 aromatic rings. The second kappa shape index (κ2) is 5.06. The lowest BCUT2D eigenvalue weighted by molar-refractivity contribution is -0.305. The maximum Gasteiger partial charge on any atom is 0.439 e. The molecule has 19 heavy (non-hydrogen) atoms. The Kier molecular flexibility index (Phi) is 4.23. The number of hydrogen-bond acceptors (Lipinski definition) is 2. The number of halogens is 8. The summed E-state index contributed by atoms with van der Waals surface area (Å²) in [6.45, 7) is 0. The summed E-state index contributed by atoms with van der Waals surface area (Å²) >= 11 is 2.62. The van der Waals surface area contributed by atoms with Crippen molar-refractivity contribution >= 4 is 21.6 Å². The van der Waals surface area contributed by atoms with Crippen LogP contribution in [-0.2, 0) is 0 Å². The van der Waals surface area contributed by atoms with E-state index in [-0.39, 0.29) is 4.47 Å². The molecule has 0 radical (unpaired) electrons. The monoisotopic (exact) mass is 355 g/mol. The lowest BCUT2D eigenvalue weighted by Crippen LogP contribution is -2.45. The van der Waals surface area contributed by atoms with E-state index in [9.17, 15) is 30.7 Å². The molecule has 1 unspecified atom stereocenters. The molecular weight excluding hydrogens is 351 g/mol. The van der Waals surface area contributed by atoms with E-state index >= 15 is 0 Å². The Labute approximate surface area is 110 Å². The van der Waals surface area contributed by atoms with Gasteiger partial charge in [0, 0.05) is 6.07 Å². The van der Waals surface area contributed by atoms with Crippen molar-refractivity contribution in [2.24, 2.45) is 0 Å². The fourth-order valence-electron chi connectivity index (χ4n) is 1.01. The highest BCUT2D eigenvalue weighted by Crippen LogP contribution is 2.39. The number of nitrogen functional groups attached to an aromatic ring is 1. The van der Waals surface area contributed by atoms with Crippen molar-refractivity contribution in [3.8, 4) is 5.75 Å². The molecule has 0 spiro atoms. The Morgan fingerprint density at radius 2 is 1.68 bits per heavy atom. The van der Waals surface area contributed by atoms with Gasteiger partial charge in [-0.1, -0.05) is 0 Å². The molecular formula is C9H5BrF7NO. The molecule has 0 aliphatic carbocycles. The Morgan fingerprint density at radius 1 is 1.16 bits per heavy atom. The van der Waals surface area contributed by atoms with E-state index in [0.29, 0.717) is 6.07 Å². The van der Waals surface area contributed by atoms with Crippen LogP contribution in [0.3, 0.4) is 0 Å². The zero-order valence-corrected chi connectivity index (χ0v) is 10.3. The Morgan fingerprint density at radius 3 is 2.16 bits per heavy atom. The van der Waals surface area contributed by atoms with Crippen LogP contribution in [-0.4, -0.2) is 18.5 Å². The Hall–Kier alpha value is -1.19. The summed E-state index contributed by atoms with van der Waals surface area (Å²) in [6.07, 6.45) is -15.6. The van der Waals surface area contributed by atoms with Gasteiger partial charge in [-0.05, 0) is 22.0 Å². The first-order chi connectivity index (χ1) is 8.45. The van der Waals surface area contributed by atoms with Gasteiger partial charge in [0.1, 0.15) is 11.6 Å². The van der Waals surface area contributed by atoms with Crippen LogP contribution in [0, 0.1) is 5.82 Å². The second-order valence-electron chi connectivity index (χ2n) is 3.37. The van der Waals surface area contributed by atoms with Gasteiger partial charge >= 0.3 is 12.3 Å². The predicted octanol–water partition coefficient (Wildman–Crippen LogP) is 4.04. The van der Waals surface area contributed by atoms with Gasteiger partial charge in [-0.2, -0.15) is 22.0 Å². The normalized spacial score (nSPS) is 14.3. The van der Waals surface area contributed by atoms with Crippen molar-refractivity contribution in [3.05, 3.63) is 22.4 Å². The molecule has 0 aliphatic heterocycles. The van der Waals surface area contributed by atoms with Crippen LogP contribution in [0.5, 0.6) is 5.75 Å². The molecule has 10 heteroatoms. The minimum absolute atomic E-state index is 0.316. The maximum atomic E-state index is 13.0. The average Bonchev–Trinajstić information content (AvgIpc) is 2.23. The average molecular weight is 356 g/mol. The molecule has 2 N–H and O–H groups in total. The number of benzene rings is 1. The van der Waals surface area contributed by atoms with E-state index < -0.39 is 35.7 Å². The molecule has 0 saturated carbocycles. The van der Waals surface area contributed by atoms with Gasteiger partial charge in [-0.15, -0.1) is 0 Å². The minimum Gasteiger partial charge on any atom is -0.429 e. The minimum atomic E-state index is -5.82.